The lowest BCUT2D eigenvalue weighted by molar-refractivity contribution is 0.0303. The van der Waals surface area contributed by atoms with E-state index in [-0.39, 0.29) is 24.0 Å². The summed E-state index contributed by atoms with van der Waals surface area (Å²) in [5.74, 6) is -0.00304. The predicted octanol–water partition coefficient (Wildman–Crippen LogP) is 4.91. The average Bonchev–Trinajstić information content (AvgIpc) is 3.16. The number of hydrogen-bond acceptors (Lipinski definition) is 4. The van der Waals surface area contributed by atoms with Crippen LogP contribution in [-0.2, 0) is 4.74 Å². The molecule has 2 aromatic carbocycles. The summed E-state index contributed by atoms with van der Waals surface area (Å²) in [7, 11) is 0. The molecule has 1 saturated carbocycles. The Balaban J connectivity index is 1.55. The molecular formula is C28H31N5O3. The highest BCUT2D eigenvalue weighted by atomic mass is 16.5. The number of anilines is 1. The van der Waals surface area contributed by atoms with Crippen LogP contribution in [0.25, 0.3) is 22.2 Å². The summed E-state index contributed by atoms with van der Waals surface area (Å²) in [6, 6.07) is 15.8. The molecule has 36 heavy (non-hydrogen) atoms. The molecule has 5 rings (SSSR count). The first-order valence-electron chi connectivity index (χ1n) is 12.6. The van der Waals surface area contributed by atoms with Gasteiger partial charge in [-0.05, 0) is 62.9 Å². The molecule has 0 radical (unpaired) electrons. The van der Waals surface area contributed by atoms with Crippen LogP contribution in [0.4, 0.5) is 10.5 Å². The van der Waals surface area contributed by atoms with Crippen LogP contribution in [0.1, 0.15) is 55.1 Å². The molecule has 1 saturated heterocycles. The van der Waals surface area contributed by atoms with Gasteiger partial charge in [-0.25, -0.2) is 4.79 Å². The minimum Gasteiger partial charge on any atom is -0.378 e. The third kappa shape index (κ3) is 4.54. The summed E-state index contributed by atoms with van der Waals surface area (Å²) in [6.07, 6.45) is 3.22. The van der Waals surface area contributed by atoms with Gasteiger partial charge in [0.1, 0.15) is 6.07 Å². The Kier molecular flexibility index (Phi) is 6.66. The lowest BCUT2D eigenvalue weighted by Gasteiger charge is -2.30. The van der Waals surface area contributed by atoms with Crippen molar-refractivity contribution in [2.75, 3.05) is 31.6 Å². The zero-order chi connectivity index (χ0) is 25.2. The number of fused-ring (bicyclic) bond motifs is 1. The van der Waals surface area contributed by atoms with E-state index >= 15 is 0 Å². The van der Waals surface area contributed by atoms with Crippen molar-refractivity contribution in [2.45, 2.75) is 45.2 Å². The zero-order valence-electron chi connectivity index (χ0n) is 20.7. The molecule has 2 aliphatic rings. The van der Waals surface area contributed by atoms with Crippen LogP contribution in [0.3, 0.4) is 0 Å². The van der Waals surface area contributed by atoms with E-state index in [0.29, 0.717) is 43.1 Å². The molecule has 3 aromatic rings. The molecule has 8 heteroatoms. The molecule has 2 heterocycles. The van der Waals surface area contributed by atoms with Gasteiger partial charge in [0.15, 0.2) is 0 Å². The number of aromatic nitrogens is 1. The lowest BCUT2D eigenvalue weighted by Crippen LogP contribution is -2.40. The van der Waals surface area contributed by atoms with E-state index in [0.717, 1.165) is 41.4 Å². The van der Waals surface area contributed by atoms with Gasteiger partial charge in [-0.2, -0.15) is 5.26 Å². The third-order valence-corrected chi connectivity index (χ3v) is 6.94. The van der Waals surface area contributed by atoms with Crippen molar-refractivity contribution in [1.29, 1.82) is 5.26 Å². The second kappa shape index (κ2) is 10.0. The molecular weight excluding hydrogens is 454 g/mol. The molecule has 0 unspecified atom stereocenters. The van der Waals surface area contributed by atoms with Crippen LogP contribution < -0.4 is 10.6 Å². The molecule has 1 aliphatic carbocycles. The molecule has 0 bridgehead atoms. The van der Waals surface area contributed by atoms with Gasteiger partial charge in [0.2, 0.25) is 0 Å². The monoisotopic (exact) mass is 485 g/mol. The minimum atomic E-state index is -0.253. The van der Waals surface area contributed by atoms with Crippen molar-refractivity contribution in [3.63, 3.8) is 0 Å². The third-order valence-electron chi connectivity index (χ3n) is 6.94. The number of nitriles is 1. The topological polar surface area (TPSA) is 99.4 Å². The summed E-state index contributed by atoms with van der Waals surface area (Å²) in [6.45, 7) is 6.10. The van der Waals surface area contributed by atoms with E-state index in [1.165, 1.54) is 0 Å². The molecule has 2 fully saturated rings. The first-order valence-corrected chi connectivity index (χ1v) is 12.6. The van der Waals surface area contributed by atoms with Crippen LogP contribution in [-0.4, -0.2) is 53.8 Å². The van der Waals surface area contributed by atoms with Gasteiger partial charge >= 0.3 is 6.03 Å². The van der Waals surface area contributed by atoms with E-state index < -0.39 is 0 Å². The van der Waals surface area contributed by atoms with Crippen molar-refractivity contribution < 1.29 is 14.3 Å². The first kappa shape index (κ1) is 23.9. The Labute approximate surface area is 210 Å². The average molecular weight is 486 g/mol. The van der Waals surface area contributed by atoms with Crippen LogP contribution in [0.2, 0.25) is 0 Å². The largest absolute Gasteiger partial charge is 0.378 e. The van der Waals surface area contributed by atoms with Crippen molar-refractivity contribution in [3.8, 4) is 17.3 Å². The Morgan fingerprint density at radius 1 is 1.08 bits per heavy atom. The quantitative estimate of drug-likeness (QED) is 0.536. The van der Waals surface area contributed by atoms with Crippen LogP contribution in [0, 0.1) is 11.3 Å². The smallest absolute Gasteiger partial charge is 0.319 e. The number of carbonyl (C=O) groups is 2. The number of carbonyl (C=O) groups excluding carboxylic acids is 2. The van der Waals surface area contributed by atoms with Crippen molar-refractivity contribution >= 4 is 28.5 Å². The maximum atomic E-state index is 13.2. The fraction of sp³-hybridized carbons (Fsp3) is 0.393. The Morgan fingerprint density at radius 3 is 2.42 bits per heavy atom. The van der Waals surface area contributed by atoms with Gasteiger partial charge in [-0.15, -0.1) is 0 Å². The number of hydrogen-bond donors (Lipinski definition) is 2. The summed E-state index contributed by atoms with van der Waals surface area (Å²) in [5.41, 5.74) is 4.62. The highest BCUT2D eigenvalue weighted by Crippen LogP contribution is 2.43. The van der Waals surface area contributed by atoms with Crippen LogP contribution >= 0.6 is 0 Å². The number of ether oxygens (including phenoxy) is 1. The second-order valence-electron chi connectivity index (χ2n) is 9.76. The van der Waals surface area contributed by atoms with Crippen molar-refractivity contribution in [3.05, 3.63) is 53.6 Å². The van der Waals surface area contributed by atoms with Gasteiger partial charge in [0.25, 0.3) is 5.91 Å². The number of benzene rings is 2. The normalized spacial score (nSPS) is 16.0. The van der Waals surface area contributed by atoms with E-state index in [2.05, 4.69) is 21.3 Å². The van der Waals surface area contributed by atoms with Gasteiger partial charge in [-0.1, -0.05) is 18.2 Å². The summed E-state index contributed by atoms with van der Waals surface area (Å²) >= 11 is 0. The maximum Gasteiger partial charge on any atom is 0.319 e. The number of amides is 3. The zero-order valence-corrected chi connectivity index (χ0v) is 20.7. The Hall–Kier alpha value is -3.83. The predicted molar refractivity (Wildman–Crippen MR) is 139 cm³/mol. The summed E-state index contributed by atoms with van der Waals surface area (Å²) in [5, 5.41) is 16.7. The Morgan fingerprint density at radius 2 is 1.81 bits per heavy atom. The molecule has 1 aliphatic heterocycles. The van der Waals surface area contributed by atoms with Gasteiger partial charge < -0.3 is 24.8 Å². The molecule has 3 amide bonds. The fourth-order valence-corrected chi connectivity index (χ4v) is 4.95. The minimum absolute atomic E-state index is 0.00304. The molecule has 2 N–H and O–H groups in total. The van der Waals surface area contributed by atoms with E-state index in [1.54, 1.807) is 0 Å². The van der Waals surface area contributed by atoms with Gasteiger partial charge in [0, 0.05) is 41.8 Å². The highest BCUT2D eigenvalue weighted by Gasteiger charge is 2.29. The maximum absolute atomic E-state index is 13.2. The number of urea groups is 1. The Bertz CT molecular complexity index is 1330. The number of morpholine rings is 1. The number of rotatable bonds is 5. The van der Waals surface area contributed by atoms with Gasteiger partial charge in [0.05, 0.1) is 30.0 Å². The molecule has 8 nitrogen and oxygen atoms in total. The van der Waals surface area contributed by atoms with Crippen molar-refractivity contribution in [2.24, 2.45) is 0 Å². The van der Waals surface area contributed by atoms with Crippen molar-refractivity contribution in [1.82, 2.24) is 14.8 Å². The first-order chi connectivity index (χ1) is 17.5. The molecule has 0 spiro atoms. The highest BCUT2D eigenvalue weighted by molar-refractivity contribution is 6.02. The summed E-state index contributed by atoms with van der Waals surface area (Å²) in [4.78, 5) is 27.1. The molecule has 186 valence electrons. The number of nitrogens with one attached hydrogen (secondary N) is 2. The van der Waals surface area contributed by atoms with Crippen LogP contribution in [0.5, 0.6) is 0 Å². The van der Waals surface area contributed by atoms with E-state index in [4.69, 9.17) is 4.74 Å². The van der Waals surface area contributed by atoms with E-state index in [9.17, 15) is 14.9 Å². The van der Waals surface area contributed by atoms with Gasteiger partial charge in [-0.3, -0.25) is 4.79 Å². The lowest BCUT2D eigenvalue weighted by atomic mass is 9.92. The van der Waals surface area contributed by atoms with E-state index in [1.807, 2.05) is 61.2 Å². The molecule has 0 atom stereocenters. The SMILES string of the molecule is CC(C)NC(=O)Nc1ccc(-c2c(C#N)c3ccc(C(=O)N4CCOCC4)cc3n2C2CCC2)cc1. The number of nitrogens with zero attached hydrogens (tertiary/aromatic N) is 3. The molecule has 1 aromatic heterocycles. The summed E-state index contributed by atoms with van der Waals surface area (Å²) < 4.78 is 7.65. The standard InChI is InChI=1S/C28H31N5O3/c1-18(2)30-28(35)31-21-9-6-19(7-10-21)26-24(17-29)23-11-8-20(27(34)32-12-14-36-15-13-32)16-25(23)33(26)22-4-3-5-22/h6-11,16,18,22H,3-5,12-15H2,1-2H3,(H2,30,31,35). The van der Waals surface area contributed by atoms with Crippen LogP contribution in [0.15, 0.2) is 42.5 Å². The fourth-order valence-electron chi connectivity index (χ4n) is 4.95. The second-order valence-corrected chi connectivity index (χ2v) is 9.76.